The number of hydrogen-bond donors (Lipinski definition) is 0. The van der Waals surface area contributed by atoms with Gasteiger partial charge in [0.15, 0.2) is 6.29 Å². The molecule has 0 bridgehead atoms. The number of rotatable bonds is 3. The zero-order chi connectivity index (χ0) is 10.6. The van der Waals surface area contributed by atoms with Gasteiger partial charge in [-0.3, -0.25) is 9.79 Å². The molecule has 0 heterocycles. The first-order valence-electron chi connectivity index (χ1n) is 4.38. The van der Waals surface area contributed by atoms with Gasteiger partial charge in [-0.1, -0.05) is 22.0 Å². The largest absolute Gasteiger partial charge is 0.297 e. The summed E-state index contributed by atoms with van der Waals surface area (Å²) in [5.74, 6) is 0. The third kappa shape index (κ3) is 2.77. The summed E-state index contributed by atoms with van der Waals surface area (Å²) in [6.07, 6.45) is 2.00. The highest BCUT2D eigenvalue weighted by Gasteiger charge is 2.05. The third-order valence-electron chi connectivity index (χ3n) is 2.05. The highest BCUT2D eigenvalue weighted by Crippen LogP contribution is 2.23. The fraction of sp³-hybridized carbons (Fsp3) is 0.273. The van der Waals surface area contributed by atoms with E-state index in [-0.39, 0.29) is 6.04 Å². The minimum absolute atomic E-state index is 0.0355. The lowest BCUT2D eigenvalue weighted by Gasteiger charge is -2.09. The van der Waals surface area contributed by atoms with Crippen LogP contribution in [0.3, 0.4) is 0 Å². The predicted octanol–water partition coefficient (Wildman–Crippen LogP) is 3.09. The van der Waals surface area contributed by atoms with Crippen molar-refractivity contribution in [2.45, 2.75) is 19.9 Å². The van der Waals surface area contributed by atoms with Gasteiger partial charge in [0.05, 0.1) is 12.3 Å². The molecule has 1 aromatic carbocycles. The Morgan fingerprint density at radius 3 is 2.79 bits per heavy atom. The summed E-state index contributed by atoms with van der Waals surface area (Å²) in [4.78, 5) is 14.2. The van der Waals surface area contributed by atoms with Crippen LogP contribution in [0.4, 0.5) is 0 Å². The Balaban J connectivity index is 2.95. The van der Waals surface area contributed by atoms with Crippen molar-refractivity contribution in [3.8, 4) is 0 Å². The van der Waals surface area contributed by atoms with Crippen LogP contribution >= 0.6 is 15.9 Å². The number of carbonyl (C=O) groups is 1. The Bertz CT molecular complexity index is 360. The molecule has 1 aromatic rings. The molecule has 0 saturated heterocycles. The molecule has 0 aliphatic carbocycles. The van der Waals surface area contributed by atoms with E-state index in [0.29, 0.717) is 6.29 Å². The van der Waals surface area contributed by atoms with Crippen LogP contribution in [0, 0.1) is 6.92 Å². The summed E-state index contributed by atoms with van der Waals surface area (Å²) in [6, 6.07) is 6.08. The summed E-state index contributed by atoms with van der Waals surface area (Å²) in [5.41, 5.74) is 2.32. The number of aryl methyl sites for hydroxylation is 1. The Kier molecular flexibility index (Phi) is 4.01. The van der Waals surface area contributed by atoms with Gasteiger partial charge < -0.3 is 0 Å². The summed E-state index contributed by atoms with van der Waals surface area (Å²) in [5, 5.41) is 0. The summed E-state index contributed by atoms with van der Waals surface area (Å²) < 4.78 is 1.06. The van der Waals surface area contributed by atoms with Crippen molar-refractivity contribution in [1.82, 2.24) is 0 Å². The maximum Gasteiger partial charge on any atom is 0.160 e. The van der Waals surface area contributed by atoms with E-state index >= 15 is 0 Å². The average Bonchev–Trinajstić information content (AvgIpc) is 2.14. The first-order chi connectivity index (χ1) is 6.65. The van der Waals surface area contributed by atoms with Crippen molar-refractivity contribution in [1.29, 1.82) is 0 Å². The van der Waals surface area contributed by atoms with Gasteiger partial charge >= 0.3 is 0 Å². The second kappa shape index (κ2) is 5.05. The van der Waals surface area contributed by atoms with Gasteiger partial charge in [0.25, 0.3) is 0 Å². The molecule has 74 valence electrons. The zero-order valence-corrected chi connectivity index (χ0v) is 9.78. The van der Waals surface area contributed by atoms with Crippen molar-refractivity contribution < 1.29 is 4.79 Å². The highest BCUT2D eigenvalue weighted by atomic mass is 79.9. The molecule has 0 aliphatic heterocycles. The summed E-state index contributed by atoms with van der Waals surface area (Å²) >= 11 is 3.40. The fourth-order valence-electron chi connectivity index (χ4n) is 1.35. The Morgan fingerprint density at radius 1 is 1.50 bits per heavy atom. The van der Waals surface area contributed by atoms with Gasteiger partial charge in [-0.05, 0) is 37.1 Å². The van der Waals surface area contributed by atoms with Gasteiger partial charge in [-0.2, -0.15) is 0 Å². The minimum Gasteiger partial charge on any atom is -0.297 e. The summed E-state index contributed by atoms with van der Waals surface area (Å²) in [6.45, 7) is 4.00. The summed E-state index contributed by atoms with van der Waals surface area (Å²) in [7, 11) is 0. The van der Waals surface area contributed by atoms with Crippen LogP contribution in [0.15, 0.2) is 27.7 Å². The molecule has 0 N–H and O–H groups in total. The second-order valence-electron chi connectivity index (χ2n) is 3.11. The van der Waals surface area contributed by atoms with Gasteiger partial charge in [-0.15, -0.1) is 0 Å². The lowest BCUT2D eigenvalue weighted by molar-refractivity contribution is -0.102. The number of hydrogen-bond acceptors (Lipinski definition) is 2. The van der Waals surface area contributed by atoms with Crippen LogP contribution < -0.4 is 0 Å². The fourth-order valence-corrected chi connectivity index (χ4v) is 1.83. The maximum absolute atomic E-state index is 10.1. The van der Waals surface area contributed by atoms with Crippen LogP contribution in [0.5, 0.6) is 0 Å². The number of halogens is 1. The molecule has 0 unspecified atom stereocenters. The third-order valence-corrected chi connectivity index (χ3v) is 2.55. The maximum atomic E-state index is 10.1. The van der Waals surface area contributed by atoms with Gasteiger partial charge in [0, 0.05) is 4.47 Å². The molecular formula is C11H12BrNO. The van der Waals surface area contributed by atoms with Gasteiger partial charge in [-0.25, -0.2) is 0 Å². The molecule has 0 amide bonds. The number of carbonyl (C=O) groups excluding carboxylic acids is 1. The average molecular weight is 254 g/mol. The Morgan fingerprint density at radius 2 is 2.21 bits per heavy atom. The second-order valence-corrected chi connectivity index (χ2v) is 4.03. The van der Waals surface area contributed by atoms with Crippen LogP contribution in [-0.4, -0.2) is 12.5 Å². The molecular weight excluding hydrogens is 242 g/mol. The number of nitrogens with zero attached hydrogens (tertiary/aromatic N) is 1. The number of benzene rings is 1. The van der Waals surface area contributed by atoms with E-state index in [4.69, 9.17) is 0 Å². The van der Waals surface area contributed by atoms with Crippen LogP contribution in [0.2, 0.25) is 0 Å². The predicted molar refractivity (Wildman–Crippen MR) is 61.9 cm³/mol. The van der Waals surface area contributed by atoms with Crippen LogP contribution in [-0.2, 0) is 4.79 Å². The quantitative estimate of drug-likeness (QED) is 0.602. The van der Waals surface area contributed by atoms with E-state index in [2.05, 4.69) is 20.9 Å². The van der Waals surface area contributed by atoms with Crippen molar-refractivity contribution in [2.75, 3.05) is 0 Å². The smallest absolute Gasteiger partial charge is 0.160 e. The van der Waals surface area contributed by atoms with Crippen molar-refractivity contribution in [3.05, 3.63) is 33.8 Å². The zero-order valence-electron chi connectivity index (χ0n) is 8.20. The van der Waals surface area contributed by atoms with E-state index in [9.17, 15) is 4.79 Å². The van der Waals surface area contributed by atoms with Gasteiger partial charge in [0.2, 0.25) is 0 Å². The van der Waals surface area contributed by atoms with Crippen LogP contribution in [0.1, 0.15) is 24.1 Å². The molecule has 0 radical (unpaired) electrons. The molecule has 0 aliphatic rings. The van der Waals surface area contributed by atoms with Crippen molar-refractivity contribution >= 4 is 28.4 Å². The topological polar surface area (TPSA) is 29.4 Å². The number of aldehydes is 1. The molecule has 1 atom stereocenters. The molecule has 0 aromatic heterocycles. The van der Waals surface area contributed by atoms with E-state index in [1.165, 1.54) is 11.8 Å². The normalized spacial score (nSPS) is 13.1. The first kappa shape index (κ1) is 11.1. The van der Waals surface area contributed by atoms with E-state index in [1.807, 2.05) is 32.0 Å². The molecule has 1 rings (SSSR count). The van der Waals surface area contributed by atoms with E-state index < -0.39 is 0 Å². The molecule has 0 spiro atoms. The first-order valence-corrected chi connectivity index (χ1v) is 5.17. The van der Waals surface area contributed by atoms with E-state index in [0.717, 1.165) is 10.0 Å². The lowest BCUT2D eigenvalue weighted by Crippen LogP contribution is -1.94. The SMILES string of the molecule is Cc1cc(Br)ccc1[C@H](C)N=CC=O. The van der Waals surface area contributed by atoms with Crippen molar-refractivity contribution in [2.24, 2.45) is 4.99 Å². The molecule has 0 saturated carbocycles. The minimum atomic E-state index is 0.0355. The Labute approximate surface area is 92.2 Å². The monoisotopic (exact) mass is 253 g/mol. The molecule has 14 heavy (non-hydrogen) atoms. The molecule has 2 nitrogen and oxygen atoms in total. The van der Waals surface area contributed by atoms with Crippen molar-refractivity contribution in [3.63, 3.8) is 0 Å². The van der Waals surface area contributed by atoms with E-state index in [1.54, 1.807) is 0 Å². The highest BCUT2D eigenvalue weighted by molar-refractivity contribution is 9.10. The van der Waals surface area contributed by atoms with Gasteiger partial charge in [0.1, 0.15) is 0 Å². The molecule has 0 fully saturated rings. The lowest BCUT2D eigenvalue weighted by atomic mass is 10.0. The number of aliphatic imine (C=N–C) groups is 1. The molecule has 3 heteroatoms. The van der Waals surface area contributed by atoms with Crippen LogP contribution in [0.25, 0.3) is 0 Å². The standard InChI is InChI=1S/C11H12BrNO/c1-8-7-10(12)3-4-11(8)9(2)13-5-6-14/h3-7,9H,1-2H3/t9-/m0/s1. The Hall–Kier alpha value is -0.960.